The lowest BCUT2D eigenvalue weighted by Gasteiger charge is -2.19. The van der Waals surface area contributed by atoms with E-state index in [1.54, 1.807) is 36.9 Å². The monoisotopic (exact) mass is 455 g/mol. The second-order valence-corrected chi connectivity index (χ2v) is 7.93. The van der Waals surface area contributed by atoms with E-state index < -0.39 is 24.0 Å². The molecule has 2 atom stereocenters. The van der Waals surface area contributed by atoms with Crippen LogP contribution in [0, 0.1) is 0 Å². The molecule has 7 heteroatoms. The van der Waals surface area contributed by atoms with Crippen LogP contribution in [0.4, 0.5) is 0 Å². The number of hydrogen-bond acceptors (Lipinski definition) is 4. The number of benzene rings is 2. The molecule has 0 bridgehead atoms. The van der Waals surface area contributed by atoms with Gasteiger partial charge in [-0.2, -0.15) is 0 Å². The number of nitrogens with one attached hydrogen (secondary N) is 1. The molecule has 7 nitrogen and oxygen atoms in total. The van der Waals surface area contributed by atoms with Crippen molar-refractivity contribution in [2.24, 2.45) is 0 Å². The van der Waals surface area contributed by atoms with Crippen molar-refractivity contribution < 1.29 is 19.8 Å². The first-order valence-electron chi connectivity index (χ1n) is 10.9. The quantitative estimate of drug-likeness (QED) is 0.353. The Morgan fingerprint density at radius 3 is 2.09 bits per heavy atom. The van der Waals surface area contributed by atoms with Crippen LogP contribution >= 0.6 is 0 Å². The Kier molecular flexibility index (Phi) is 7.15. The van der Waals surface area contributed by atoms with E-state index in [0.717, 1.165) is 27.8 Å². The first-order chi connectivity index (χ1) is 16.5. The van der Waals surface area contributed by atoms with Crippen molar-refractivity contribution in [3.05, 3.63) is 103 Å². The Labute approximate surface area is 197 Å². The molecule has 2 aromatic carbocycles. The standard InChI is InChI=1S/C27H25N3O4/c31-18-24(22-4-2-1-3-5-22)29-26(32)16-25(27(33)34)30-15-12-23(17-30)20-8-6-19(7-9-20)21-10-13-28-14-11-21/h1-15,17,24-25,31H,16,18H2,(H,29,32)(H,33,34)/t24-,25-/m1/s1. The maximum Gasteiger partial charge on any atom is 0.327 e. The Balaban J connectivity index is 1.46. The predicted octanol–water partition coefficient (Wildman–Crippen LogP) is 4.08. The van der Waals surface area contributed by atoms with Crippen LogP contribution in [0.3, 0.4) is 0 Å². The second-order valence-electron chi connectivity index (χ2n) is 7.93. The van der Waals surface area contributed by atoms with Gasteiger partial charge in [-0.3, -0.25) is 9.78 Å². The Morgan fingerprint density at radius 1 is 0.853 bits per heavy atom. The van der Waals surface area contributed by atoms with E-state index in [4.69, 9.17) is 0 Å². The molecular weight excluding hydrogens is 430 g/mol. The maximum absolute atomic E-state index is 12.6. The molecule has 0 spiro atoms. The molecule has 4 rings (SSSR count). The van der Waals surface area contributed by atoms with E-state index in [2.05, 4.69) is 10.3 Å². The number of carboxylic acid groups (broad SMARTS) is 1. The largest absolute Gasteiger partial charge is 0.480 e. The summed E-state index contributed by atoms with van der Waals surface area (Å²) in [7, 11) is 0. The van der Waals surface area contributed by atoms with Gasteiger partial charge < -0.3 is 20.1 Å². The first-order valence-corrected chi connectivity index (χ1v) is 10.9. The third-order valence-corrected chi connectivity index (χ3v) is 5.69. The minimum absolute atomic E-state index is 0.256. The number of pyridine rings is 1. The molecule has 1 amide bonds. The van der Waals surface area contributed by atoms with E-state index in [1.165, 1.54) is 4.57 Å². The smallest absolute Gasteiger partial charge is 0.327 e. The molecule has 0 aliphatic rings. The topological polar surface area (TPSA) is 104 Å². The average Bonchev–Trinajstić information content (AvgIpc) is 3.37. The number of carbonyl (C=O) groups is 2. The molecule has 34 heavy (non-hydrogen) atoms. The van der Waals surface area contributed by atoms with Gasteiger partial charge in [0, 0.05) is 24.8 Å². The highest BCUT2D eigenvalue weighted by molar-refractivity contribution is 5.84. The van der Waals surface area contributed by atoms with Gasteiger partial charge in [0.1, 0.15) is 6.04 Å². The van der Waals surface area contributed by atoms with Gasteiger partial charge in [-0.15, -0.1) is 0 Å². The van der Waals surface area contributed by atoms with Gasteiger partial charge in [0.05, 0.1) is 19.1 Å². The van der Waals surface area contributed by atoms with Crippen molar-refractivity contribution in [2.45, 2.75) is 18.5 Å². The summed E-state index contributed by atoms with van der Waals surface area (Å²) in [5, 5.41) is 22.2. The molecule has 0 unspecified atom stereocenters. The number of nitrogens with zero attached hydrogens (tertiary/aromatic N) is 2. The fourth-order valence-corrected chi connectivity index (χ4v) is 3.85. The van der Waals surface area contributed by atoms with Crippen LogP contribution in [0.1, 0.15) is 24.1 Å². The number of aliphatic hydroxyl groups excluding tert-OH is 1. The minimum Gasteiger partial charge on any atom is -0.480 e. The third-order valence-electron chi connectivity index (χ3n) is 5.69. The van der Waals surface area contributed by atoms with E-state index in [-0.39, 0.29) is 13.0 Å². The van der Waals surface area contributed by atoms with Crippen molar-refractivity contribution in [2.75, 3.05) is 6.61 Å². The van der Waals surface area contributed by atoms with Crippen LogP contribution in [-0.2, 0) is 9.59 Å². The van der Waals surface area contributed by atoms with E-state index in [9.17, 15) is 19.8 Å². The molecule has 3 N–H and O–H groups in total. The van der Waals surface area contributed by atoms with Crippen LogP contribution in [0.5, 0.6) is 0 Å². The van der Waals surface area contributed by atoms with Gasteiger partial charge in [0.25, 0.3) is 0 Å². The normalized spacial score (nSPS) is 12.6. The van der Waals surface area contributed by atoms with Crippen molar-refractivity contribution in [1.82, 2.24) is 14.9 Å². The fourth-order valence-electron chi connectivity index (χ4n) is 3.85. The molecule has 0 saturated heterocycles. The zero-order chi connectivity index (χ0) is 23.9. The van der Waals surface area contributed by atoms with Gasteiger partial charge in [-0.25, -0.2) is 4.79 Å². The number of hydrogen-bond donors (Lipinski definition) is 3. The Morgan fingerprint density at radius 2 is 1.47 bits per heavy atom. The van der Waals surface area contributed by atoms with Crippen molar-refractivity contribution >= 4 is 11.9 Å². The summed E-state index contributed by atoms with van der Waals surface area (Å²) in [6.07, 6.45) is 6.63. The van der Waals surface area contributed by atoms with Crippen LogP contribution < -0.4 is 5.32 Å². The Bertz CT molecular complexity index is 1240. The summed E-state index contributed by atoms with van der Waals surface area (Å²) in [6.45, 7) is -0.281. The number of rotatable bonds is 9. The highest BCUT2D eigenvalue weighted by Gasteiger charge is 2.24. The van der Waals surface area contributed by atoms with Gasteiger partial charge in [0.2, 0.25) is 5.91 Å². The van der Waals surface area contributed by atoms with Crippen molar-refractivity contribution in [3.63, 3.8) is 0 Å². The molecule has 0 fully saturated rings. The summed E-state index contributed by atoms with van der Waals surface area (Å²) in [5.41, 5.74) is 4.67. The van der Waals surface area contributed by atoms with E-state index >= 15 is 0 Å². The first kappa shape index (κ1) is 22.9. The summed E-state index contributed by atoms with van der Waals surface area (Å²) in [5.74, 6) is -1.56. The zero-order valence-corrected chi connectivity index (χ0v) is 18.4. The SMILES string of the molecule is O=C(C[C@H](C(=O)O)n1ccc(-c2ccc(-c3ccncc3)cc2)c1)N[C@H](CO)c1ccccc1. The second kappa shape index (κ2) is 10.6. The molecule has 0 saturated carbocycles. The zero-order valence-electron chi connectivity index (χ0n) is 18.4. The lowest BCUT2D eigenvalue weighted by molar-refractivity contribution is -0.143. The fraction of sp³-hybridized carbons (Fsp3) is 0.148. The number of aliphatic hydroxyl groups is 1. The van der Waals surface area contributed by atoms with Crippen LogP contribution in [-0.4, -0.2) is 38.2 Å². The molecule has 4 aromatic rings. The molecule has 2 heterocycles. The van der Waals surface area contributed by atoms with Crippen molar-refractivity contribution in [3.8, 4) is 22.3 Å². The van der Waals surface area contributed by atoms with Gasteiger partial charge in [-0.1, -0.05) is 54.6 Å². The molecule has 172 valence electrons. The van der Waals surface area contributed by atoms with Gasteiger partial charge >= 0.3 is 5.97 Å². The molecular formula is C27H25N3O4. The van der Waals surface area contributed by atoms with Crippen LogP contribution in [0.25, 0.3) is 22.3 Å². The number of aliphatic carboxylic acids is 1. The molecule has 2 aromatic heterocycles. The summed E-state index contributed by atoms with van der Waals surface area (Å²) in [4.78, 5) is 28.6. The number of carboxylic acids is 1. The number of carbonyl (C=O) groups excluding carboxylic acids is 1. The van der Waals surface area contributed by atoms with Crippen molar-refractivity contribution in [1.29, 1.82) is 0 Å². The maximum atomic E-state index is 12.6. The molecule has 0 aliphatic heterocycles. The third kappa shape index (κ3) is 5.39. The van der Waals surface area contributed by atoms with E-state index in [0.29, 0.717) is 0 Å². The predicted molar refractivity (Wildman–Crippen MR) is 129 cm³/mol. The van der Waals surface area contributed by atoms with Gasteiger partial charge in [-0.05, 0) is 46.0 Å². The van der Waals surface area contributed by atoms with Crippen LogP contribution in [0.2, 0.25) is 0 Å². The lowest BCUT2D eigenvalue weighted by atomic mass is 10.0. The minimum atomic E-state index is -1.11. The highest BCUT2D eigenvalue weighted by atomic mass is 16.4. The van der Waals surface area contributed by atoms with Crippen LogP contribution in [0.15, 0.2) is 97.6 Å². The summed E-state index contributed by atoms with van der Waals surface area (Å²) in [6, 6.07) is 21.1. The lowest BCUT2D eigenvalue weighted by Crippen LogP contribution is -2.34. The molecule has 0 aliphatic carbocycles. The summed E-state index contributed by atoms with van der Waals surface area (Å²) < 4.78 is 1.53. The summed E-state index contributed by atoms with van der Waals surface area (Å²) >= 11 is 0. The number of amides is 1. The van der Waals surface area contributed by atoms with E-state index in [1.807, 2.05) is 60.7 Å². The Hall–Kier alpha value is -4.23. The number of aromatic nitrogens is 2. The average molecular weight is 456 g/mol. The molecule has 0 radical (unpaired) electrons. The highest BCUT2D eigenvalue weighted by Crippen LogP contribution is 2.26. The van der Waals surface area contributed by atoms with Gasteiger partial charge in [0.15, 0.2) is 0 Å².